The summed E-state index contributed by atoms with van der Waals surface area (Å²) in [6, 6.07) is 6.75. The number of aromatic nitrogens is 1. The minimum Gasteiger partial charge on any atom is -0.480 e. The molecule has 0 saturated heterocycles. The maximum absolute atomic E-state index is 13.2. The van der Waals surface area contributed by atoms with Crippen molar-refractivity contribution in [2.75, 3.05) is 6.54 Å². The molecule has 1 aromatic carbocycles. The zero-order valence-corrected chi connectivity index (χ0v) is 20.6. The fraction of sp³-hybridized carbons (Fsp3) is 0.577. The topological polar surface area (TPSA) is 103 Å². The molecule has 0 bridgehead atoms. The number of nitrogens with one attached hydrogen (secondary N) is 2. The normalized spacial score (nSPS) is 13.3. The van der Waals surface area contributed by atoms with Crippen LogP contribution in [-0.4, -0.2) is 51.4 Å². The van der Waals surface area contributed by atoms with Gasteiger partial charge in [0.05, 0.1) is 0 Å². The number of rotatable bonds is 13. The van der Waals surface area contributed by atoms with E-state index in [4.69, 9.17) is 0 Å². The highest BCUT2D eigenvalue weighted by molar-refractivity contribution is 5.90. The number of carbonyl (C=O) groups is 3. The molecule has 7 nitrogen and oxygen atoms in total. The lowest BCUT2D eigenvalue weighted by Gasteiger charge is -2.31. The molecule has 1 aromatic heterocycles. The van der Waals surface area contributed by atoms with E-state index in [9.17, 15) is 19.5 Å². The van der Waals surface area contributed by atoms with E-state index in [0.29, 0.717) is 13.0 Å². The van der Waals surface area contributed by atoms with E-state index in [1.165, 1.54) is 0 Å². The van der Waals surface area contributed by atoms with E-state index in [1.54, 1.807) is 6.20 Å². The largest absolute Gasteiger partial charge is 0.480 e. The number of hydrogen-bond donors (Lipinski definition) is 3. The summed E-state index contributed by atoms with van der Waals surface area (Å²) in [5.41, 5.74) is 1.76. The predicted octanol–water partition coefficient (Wildman–Crippen LogP) is 4.37. The Balaban J connectivity index is 2.17. The van der Waals surface area contributed by atoms with Crippen LogP contribution in [0, 0.1) is 11.8 Å². The van der Waals surface area contributed by atoms with Gasteiger partial charge in [-0.2, -0.15) is 0 Å². The number of nitrogens with zero attached hydrogens (tertiary/aromatic N) is 1. The molecule has 1 unspecified atom stereocenters. The van der Waals surface area contributed by atoms with Gasteiger partial charge in [0, 0.05) is 48.4 Å². The third kappa shape index (κ3) is 7.07. The second-order valence-electron chi connectivity index (χ2n) is 9.14. The Morgan fingerprint density at radius 3 is 2.33 bits per heavy atom. The van der Waals surface area contributed by atoms with Crippen LogP contribution in [0.5, 0.6) is 0 Å². The molecule has 0 saturated carbocycles. The highest BCUT2D eigenvalue weighted by Crippen LogP contribution is 2.22. The third-order valence-electron chi connectivity index (χ3n) is 6.31. The average molecular weight is 458 g/mol. The number of fused-ring (bicyclic) bond motifs is 1. The van der Waals surface area contributed by atoms with Crippen LogP contribution in [0.2, 0.25) is 0 Å². The molecule has 2 amide bonds. The van der Waals surface area contributed by atoms with E-state index in [1.807, 2.05) is 49.9 Å². The number of para-hydroxylation sites is 1. The van der Waals surface area contributed by atoms with Crippen molar-refractivity contribution in [1.29, 1.82) is 0 Å². The van der Waals surface area contributed by atoms with Crippen LogP contribution in [0.1, 0.15) is 65.9 Å². The Morgan fingerprint density at radius 1 is 1.09 bits per heavy atom. The Kier molecular flexibility index (Phi) is 9.95. The number of aliphatic carboxylic acids is 1. The number of carbonyl (C=O) groups excluding carboxylic acids is 2. The van der Waals surface area contributed by atoms with Crippen molar-refractivity contribution in [3.8, 4) is 0 Å². The summed E-state index contributed by atoms with van der Waals surface area (Å²) in [7, 11) is 0. The van der Waals surface area contributed by atoms with Crippen LogP contribution in [0.3, 0.4) is 0 Å². The standard InChI is InChI=1S/C26H39N3O4/c1-6-20(7-2)29(8-3)24(30)15-18(13-17(4)5)25(31)28-23(26(32)33)14-19-16-27-22-12-10-9-11-21(19)22/h9-12,16-18,20,23,27H,6-8,13-15H2,1-5H3,(H,28,31)(H,32,33)/t18?,23-/m1/s1. The van der Waals surface area contributed by atoms with Crippen molar-refractivity contribution in [1.82, 2.24) is 15.2 Å². The van der Waals surface area contributed by atoms with Crippen molar-refractivity contribution >= 4 is 28.7 Å². The molecule has 182 valence electrons. The summed E-state index contributed by atoms with van der Waals surface area (Å²) >= 11 is 0. The molecule has 0 aliphatic heterocycles. The molecule has 0 aliphatic carbocycles. The first kappa shape index (κ1) is 26.4. The van der Waals surface area contributed by atoms with Crippen molar-refractivity contribution < 1.29 is 19.5 Å². The minimum atomic E-state index is -1.09. The number of benzene rings is 1. The van der Waals surface area contributed by atoms with Gasteiger partial charge in [-0.15, -0.1) is 0 Å². The summed E-state index contributed by atoms with van der Waals surface area (Å²) < 4.78 is 0. The summed E-state index contributed by atoms with van der Waals surface area (Å²) in [6.45, 7) is 10.7. The molecule has 0 radical (unpaired) electrons. The zero-order chi connectivity index (χ0) is 24.5. The van der Waals surface area contributed by atoms with Gasteiger partial charge >= 0.3 is 5.97 Å². The SMILES string of the molecule is CCC(CC)N(CC)C(=O)CC(CC(C)C)C(=O)N[C@H](Cc1c[nH]c2ccccc12)C(=O)O. The molecule has 3 N–H and O–H groups in total. The van der Waals surface area contributed by atoms with E-state index < -0.39 is 17.9 Å². The number of hydrogen-bond acceptors (Lipinski definition) is 3. The van der Waals surface area contributed by atoms with Gasteiger partial charge in [-0.25, -0.2) is 4.79 Å². The van der Waals surface area contributed by atoms with Gasteiger partial charge in [0.1, 0.15) is 6.04 Å². The lowest BCUT2D eigenvalue weighted by Crippen LogP contribution is -2.47. The van der Waals surface area contributed by atoms with Crippen molar-refractivity contribution in [2.24, 2.45) is 11.8 Å². The van der Waals surface area contributed by atoms with Gasteiger partial charge < -0.3 is 20.3 Å². The summed E-state index contributed by atoms with van der Waals surface area (Å²) in [6.07, 6.45) is 4.30. The first-order chi connectivity index (χ1) is 15.7. The molecule has 2 aromatic rings. The van der Waals surface area contributed by atoms with Crippen molar-refractivity contribution in [2.45, 2.75) is 78.8 Å². The van der Waals surface area contributed by atoms with Gasteiger partial charge in [0.15, 0.2) is 0 Å². The Morgan fingerprint density at radius 2 is 1.76 bits per heavy atom. The average Bonchev–Trinajstić information content (AvgIpc) is 3.18. The molecule has 0 fully saturated rings. The number of carboxylic acids is 1. The number of carboxylic acid groups (broad SMARTS) is 1. The van der Waals surface area contributed by atoms with Crippen LogP contribution < -0.4 is 5.32 Å². The van der Waals surface area contributed by atoms with Gasteiger partial charge in [-0.05, 0) is 43.7 Å². The summed E-state index contributed by atoms with van der Waals surface area (Å²) in [4.78, 5) is 43.2. The van der Waals surface area contributed by atoms with Crippen LogP contribution in [0.25, 0.3) is 10.9 Å². The molecule has 0 aliphatic rings. The van der Waals surface area contributed by atoms with Crippen molar-refractivity contribution in [3.63, 3.8) is 0 Å². The molecule has 33 heavy (non-hydrogen) atoms. The lowest BCUT2D eigenvalue weighted by molar-refractivity contribution is -0.143. The van der Waals surface area contributed by atoms with Gasteiger partial charge in [-0.3, -0.25) is 9.59 Å². The van der Waals surface area contributed by atoms with Gasteiger partial charge in [0.25, 0.3) is 0 Å². The van der Waals surface area contributed by atoms with Gasteiger partial charge in [-0.1, -0.05) is 45.9 Å². The van der Waals surface area contributed by atoms with E-state index in [-0.39, 0.29) is 36.6 Å². The number of amides is 2. The second-order valence-corrected chi connectivity index (χ2v) is 9.14. The fourth-order valence-corrected chi connectivity index (χ4v) is 4.56. The van der Waals surface area contributed by atoms with Crippen LogP contribution in [-0.2, 0) is 20.8 Å². The van der Waals surface area contributed by atoms with Crippen LogP contribution in [0.15, 0.2) is 30.5 Å². The number of aromatic amines is 1. The van der Waals surface area contributed by atoms with Crippen molar-refractivity contribution in [3.05, 3.63) is 36.0 Å². The highest BCUT2D eigenvalue weighted by atomic mass is 16.4. The van der Waals surface area contributed by atoms with E-state index >= 15 is 0 Å². The maximum Gasteiger partial charge on any atom is 0.326 e. The molecular weight excluding hydrogens is 418 g/mol. The monoisotopic (exact) mass is 457 g/mol. The first-order valence-corrected chi connectivity index (χ1v) is 12.1. The van der Waals surface area contributed by atoms with Crippen LogP contribution >= 0.6 is 0 Å². The van der Waals surface area contributed by atoms with E-state index in [0.717, 1.165) is 29.3 Å². The first-order valence-electron chi connectivity index (χ1n) is 12.1. The molecule has 7 heteroatoms. The smallest absolute Gasteiger partial charge is 0.326 e. The maximum atomic E-state index is 13.2. The second kappa shape index (κ2) is 12.4. The lowest BCUT2D eigenvalue weighted by atomic mass is 9.91. The van der Waals surface area contributed by atoms with E-state index in [2.05, 4.69) is 24.1 Å². The minimum absolute atomic E-state index is 0.0458. The predicted molar refractivity (Wildman–Crippen MR) is 131 cm³/mol. The molecular formula is C26H39N3O4. The summed E-state index contributed by atoms with van der Waals surface area (Å²) in [5.74, 6) is -1.87. The Bertz CT molecular complexity index is 933. The molecule has 0 spiro atoms. The highest BCUT2D eigenvalue weighted by Gasteiger charge is 2.30. The molecule has 1 heterocycles. The van der Waals surface area contributed by atoms with Crippen LogP contribution in [0.4, 0.5) is 0 Å². The zero-order valence-electron chi connectivity index (χ0n) is 20.6. The fourth-order valence-electron chi connectivity index (χ4n) is 4.56. The Hall–Kier alpha value is -2.83. The molecule has 2 rings (SSSR count). The molecule has 2 atom stereocenters. The Labute approximate surface area is 196 Å². The third-order valence-corrected chi connectivity index (χ3v) is 6.31. The number of H-pyrrole nitrogens is 1. The quantitative estimate of drug-likeness (QED) is 0.416. The van der Waals surface area contributed by atoms with Gasteiger partial charge in [0.2, 0.25) is 11.8 Å². The summed E-state index contributed by atoms with van der Waals surface area (Å²) in [5, 5.41) is 13.5.